The highest BCUT2D eigenvalue weighted by molar-refractivity contribution is 7.13. The molecule has 2 aromatic carbocycles. The van der Waals surface area contributed by atoms with Gasteiger partial charge in [-0.15, -0.1) is 11.3 Å². The van der Waals surface area contributed by atoms with Crippen LogP contribution >= 0.6 is 11.3 Å². The molecule has 4 aromatic rings. The van der Waals surface area contributed by atoms with Crippen LogP contribution in [0.5, 0.6) is 0 Å². The molecule has 0 aliphatic rings. The molecule has 28 heavy (non-hydrogen) atoms. The molecule has 1 amide bonds. The molecule has 0 aliphatic heterocycles. The number of benzene rings is 2. The molecule has 0 unspecified atom stereocenters. The van der Waals surface area contributed by atoms with Crippen molar-refractivity contribution in [1.29, 1.82) is 0 Å². The second-order valence-corrected chi connectivity index (χ2v) is 7.27. The molecule has 0 saturated heterocycles. The zero-order chi connectivity index (χ0) is 19.7. The van der Waals surface area contributed by atoms with Crippen LogP contribution in [0.25, 0.3) is 21.8 Å². The van der Waals surface area contributed by atoms with E-state index in [1.807, 2.05) is 29.6 Å². The van der Waals surface area contributed by atoms with E-state index in [-0.39, 0.29) is 11.7 Å². The summed E-state index contributed by atoms with van der Waals surface area (Å²) in [6.07, 6.45) is 1.76. The van der Waals surface area contributed by atoms with E-state index in [1.54, 1.807) is 54.4 Å². The molecule has 2 aromatic heterocycles. The van der Waals surface area contributed by atoms with Gasteiger partial charge in [-0.2, -0.15) is 5.10 Å². The summed E-state index contributed by atoms with van der Waals surface area (Å²) in [6.45, 7) is 1.71. The molecule has 0 fully saturated rings. The minimum absolute atomic E-state index is 0.259. The fraction of sp³-hybridized carbons (Fsp3) is 0.0952. The van der Waals surface area contributed by atoms with Crippen molar-refractivity contribution in [3.05, 3.63) is 77.2 Å². The van der Waals surface area contributed by atoms with Gasteiger partial charge in [0.25, 0.3) is 5.91 Å². The van der Waals surface area contributed by atoms with Crippen molar-refractivity contribution >= 4 is 22.9 Å². The Kier molecular flexibility index (Phi) is 4.75. The van der Waals surface area contributed by atoms with Gasteiger partial charge in [0.2, 0.25) is 0 Å². The van der Waals surface area contributed by atoms with Gasteiger partial charge < -0.3 is 5.32 Å². The second kappa shape index (κ2) is 7.36. The number of anilines is 1. The highest BCUT2D eigenvalue weighted by Crippen LogP contribution is 2.25. The maximum Gasteiger partial charge on any atom is 0.276 e. The maximum absolute atomic E-state index is 13.5. The highest BCUT2D eigenvalue weighted by Gasteiger charge is 2.15. The van der Waals surface area contributed by atoms with E-state index in [1.165, 1.54) is 6.07 Å². The minimum Gasteiger partial charge on any atom is -0.321 e. The van der Waals surface area contributed by atoms with E-state index in [0.717, 1.165) is 21.8 Å². The molecule has 0 radical (unpaired) electrons. The van der Waals surface area contributed by atoms with Crippen molar-refractivity contribution in [1.82, 2.24) is 14.8 Å². The first-order valence-electron chi connectivity index (χ1n) is 8.63. The van der Waals surface area contributed by atoms with Gasteiger partial charge in [0, 0.05) is 35.4 Å². The summed E-state index contributed by atoms with van der Waals surface area (Å²) in [5.74, 6) is -0.562. The van der Waals surface area contributed by atoms with Gasteiger partial charge >= 0.3 is 0 Å². The Bertz CT molecular complexity index is 1130. The smallest absolute Gasteiger partial charge is 0.276 e. The minimum atomic E-state index is -0.303. The Morgan fingerprint density at radius 2 is 1.86 bits per heavy atom. The Hall–Kier alpha value is -3.32. The van der Waals surface area contributed by atoms with Crippen LogP contribution in [0.3, 0.4) is 0 Å². The first-order valence-corrected chi connectivity index (χ1v) is 9.51. The normalized spacial score (nSPS) is 10.8. The number of thiazole rings is 1. The number of nitrogens with one attached hydrogen (secondary N) is 1. The molecule has 4 rings (SSSR count). The molecule has 0 atom stereocenters. The van der Waals surface area contributed by atoms with E-state index in [2.05, 4.69) is 15.4 Å². The van der Waals surface area contributed by atoms with Crippen LogP contribution < -0.4 is 5.32 Å². The van der Waals surface area contributed by atoms with E-state index >= 15 is 0 Å². The van der Waals surface area contributed by atoms with Gasteiger partial charge in [-0.3, -0.25) is 9.48 Å². The zero-order valence-corrected chi connectivity index (χ0v) is 16.1. The summed E-state index contributed by atoms with van der Waals surface area (Å²) in [7, 11) is 1.76. The topological polar surface area (TPSA) is 59.8 Å². The molecule has 2 heterocycles. The molecule has 0 bridgehead atoms. The number of aromatic nitrogens is 3. The number of rotatable bonds is 4. The third kappa shape index (κ3) is 3.57. The van der Waals surface area contributed by atoms with Crippen LogP contribution in [0, 0.1) is 12.7 Å². The van der Waals surface area contributed by atoms with Crippen molar-refractivity contribution in [2.24, 2.45) is 7.05 Å². The number of amides is 1. The van der Waals surface area contributed by atoms with E-state index in [0.29, 0.717) is 16.9 Å². The number of nitrogens with zero attached hydrogens (tertiary/aromatic N) is 3. The summed E-state index contributed by atoms with van der Waals surface area (Å²) in [4.78, 5) is 16.9. The van der Waals surface area contributed by atoms with Crippen molar-refractivity contribution in [2.45, 2.75) is 6.92 Å². The van der Waals surface area contributed by atoms with Crippen LogP contribution in [0.1, 0.15) is 16.1 Å². The number of aryl methyl sites for hydroxylation is 2. The van der Waals surface area contributed by atoms with Gasteiger partial charge in [-0.05, 0) is 61.0 Å². The Morgan fingerprint density at radius 3 is 2.54 bits per heavy atom. The van der Waals surface area contributed by atoms with Crippen molar-refractivity contribution in [2.75, 3.05) is 5.32 Å². The van der Waals surface area contributed by atoms with Crippen molar-refractivity contribution in [3.8, 4) is 21.8 Å². The van der Waals surface area contributed by atoms with Crippen molar-refractivity contribution < 1.29 is 9.18 Å². The molecule has 7 heteroatoms. The molecule has 0 aliphatic carbocycles. The lowest BCUT2D eigenvalue weighted by Gasteiger charge is -2.04. The Balaban J connectivity index is 1.53. The maximum atomic E-state index is 13.5. The summed E-state index contributed by atoms with van der Waals surface area (Å²) in [5, 5.41) is 10.0. The third-order valence-electron chi connectivity index (χ3n) is 4.39. The van der Waals surface area contributed by atoms with E-state index < -0.39 is 0 Å². The molecule has 1 N–H and O–H groups in total. The first kappa shape index (κ1) is 18.1. The highest BCUT2D eigenvalue weighted by atomic mass is 32.1. The Labute approximate surface area is 165 Å². The van der Waals surface area contributed by atoms with Gasteiger partial charge in [-0.25, -0.2) is 9.37 Å². The summed E-state index contributed by atoms with van der Waals surface area (Å²) >= 11 is 1.56. The second-order valence-electron chi connectivity index (χ2n) is 6.37. The Morgan fingerprint density at radius 1 is 1.11 bits per heavy atom. The largest absolute Gasteiger partial charge is 0.321 e. The summed E-state index contributed by atoms with van der Waals surface area (Å²) in [5.41, 5.74) is 4.07. The van der Waals surface area contributed by atoms with Crippen LogP contribution in [0.4, 0.5) is 10.1 Å². The quantitative estimate of drug-likeness (QED) is 0.537. The lowest BCUT2D eigenvalue weighted by Crippen LogP contribution is -2.12. The van der Waals surface area contributed by atoms with Crippen LogP contribution in [-0.2, 0) is 7.05 Å². The predicted molar refractivity (Wildman–Crippen MR) is 109 cm³/mol. The monoisotopic (exact) mass is 392 g/mol. The molecular formula is C21H17FN4OS. The predicted octanol–water partition coefficient (Wildman–Crippen LogP) is 4.91. The van der Waals surface area contributed by atoms with Crippen LogP contribution in [0.2, 0.25) is 0 Å². The lowest BCUT2D eigenvalue weighted by atomic mass is 10.1. The molecule has 140 valence electrons. The number of carbonyl (C=O) groups excluding carboxylic acids is 1. The fourth-order valence-electron chi connectivity index (χ4n) is 2.91. The summed E-state index contributed by atoms with van der Waals surface area (Å²) in [6, 6.07) is 14.0. The molecular weight excluding hydrogens is 375 g/mol. The third-order valence-corrected chi connectivity index (χ3v) is 5.21. The van der Waals surface area contributed by atoms with Gasteiger partial charge in [0.15, 0.2) is 5.69 Å². The number of carbonyl (C=O) groups is 1. The fourth-order valence-corrected chi connectivity index (χ4v) is 3.55. The van der Waals surface area contributed by atoms with Crippen LogP contribution in [0.15, 0.2) is 60.1 Å². The molecule has 5 nitrogen and oxygen atoms in total. The number of halogens is 1. The first-order chi connectivity index (χ1) is 13.5. The zero-order valence-electron chi connectivity index (χ0n) is 15.3. The standard InChI is InChI=1S/C21H17FN4OS/c1-13-11-15(5-8-17(13)22)19-12-18(25-26(19)2)20(27)24-16-6-3-14(4-7-16)21-23-9-10-28-21/h3-12H,1-2H3,(H,24,27). The van der Waals surface area contributed by atoms with Crippen molar-refractivity contribution in [3.63, 3.8) is 0 Å². The molecule has 0 spiro atoms. The number of hydrogen-bond acceptors (Lipinski definition) is 4. The average molecular weight is 392 g/mol. The van der Waals surface area contributed by atoms with Gasteiger partial charge in [0.1, 0.15) is 10.8 Å². The van der Waals surface area contributed by atoms with E-state index in [4.69, 9.17) is 0 Å². The SMILES string of the molecule is Cc1cc(-c2cc(C(=O)Nc3ccc(-c4nccs4)cc3)nn2C)ccc1F. The lowest BCUT2D eigenvalue weighted by molar-refractivity contribution is 0.102. The van der Waals surface area contributed by atoms with E-state index in [9.17, 15) is 9.18 Å². The molecule has 0 saturated carbocycles. The van der Waals surface area contributed by atoms with Gasteiger partial charge in [-0.1, -0.05) is 0 Å². The summed E-state index contributed by atoms with van der Waals surface area (Å²) < 4.78 is 15.1. The number of hydrogen-bond donors (Lipinski definition) is 1. The van der Waals surface area contributed by atoms with Gasteiger partial charge in [0.05, 0.1) is 5.69 Å². The van der Waals surface area contributed by atoms with Crippen LogP contribution in [-0.4, -0.2) is 20.7 Å². The average Bonchev–Trinajstić information content (AvgIpc) is 3.35.